The molecule has 1 aliphatic rings. The molecule has 0 saturated heterocycles. The molecule has 1 aromatic carbocycles. The van der Waals surface area contributed by atoms with E-state index < -0.39 is 17.6 Å². The summed E-state index contributed by atoms with van der Waals surface area (Å²) in [5.41, 5.74) is 2.76. The van der Waals surface area contributed by atoms with Crippen LogP contribution in [-0.2, 0) is 19.8 Å². The van der Waals surface area contributed by atoms with Crippen molar-refractivity contribution >= 4 is 23.2 Å². The van der Waals surface area contributed by atoms with Crippen LogP contribution in [0.4, 0.5) is 5.69 Å². The second kappa shape index (κ2) is 11.4. The highest BCUT2D eigenvalue weighted by atomic mass is 16.2. The van der Waals surface area contributed by atoms with Gasteiger partial charge in [-0.1, -0.05) is 58.2 Å². The molecule has 6 heteroatoms. The van der Waals surface area contributed by atoms with Crippen molar-refractivity contribution in [2.45, 2.75) is 83.7 Å². The number of benzene rings is 1. The second-order valence-corrected chi connectivity index (χ2v) is 10.3. The first kappa shape index (κ1) is 25.6. The van der Waals surface area contributed by atoms with Gasteiger partial charge in [0, 0.05) is 49.6 Å². The van der Waals surface area contributed by atoms with Crippen LogP contribution in [0.3, 0.4) is 0 Å². The number of nitrogens with one attached hydrogen (secondary N) is 1. The van der Waals surface area contributed by atoms with Gasteiger partial charge >= 0.3 is 0 Å². The third-order valence-corrected chi connectivity index (χ3v) is 6.55. The SMILES string of the molecule is CC(=O)C(=O)CCN(c1ccc(C(C)(C)C)cc1)[C@@H](C(=O)NC1CCCCC1)c1cccnc1. The number of amides is 1. The highest BCUT2D eigenvalue weighted by molar-refractivity contribution is 6.36. The summed E-state index contributed by atoms with van der Waals surface area (Å²) < 4.78 is 0. The summed E-state index contributed by atoms with van der Waals surface area (Å²) in [6, 6.07) is 11.3. The van der Waals surface area contributed by atoms with Gasteiger partial charge in [0.1, 0.15) is 6.04 Å². The molecule has 3 rings (SSSR count). The fourth-order valence-electron chi connectivity index (χ4n) is 4.50. The summed E-state index contributed by atoms with van der Waals surface area (Å²) in [5.74, 6) is -1.00. The zero-order valence-electron chi connectivity index (χ0n) is 20.8. The Balaban J connectivity index is 1.98. The molecular formula is C28H37N3O3. The maximum absolute atomic E-state index is 13.7. The van der Waals surface area contributed by atoms with E-state index >= 15 is 0 Å². The fraction of sp³-hybridized carbons (Fsp3) is 0.500. The van der Waals surface area contributed by atoms with E-state index in [-0.39, 0.29) is 30.3 Å². The lowest BCUT2D eigenvalue weighted by Crippen LogP contribution is -2.46. The average molecular weight is 464 g/mol. The van der Waals surface area contributed by atoms with Gasteiger partial charge in [-0.3, -0.25) is 19.4 Å². The number of hydrogen-bond donors (Lipinski definition) is 1. The number of rotatable bonds is 9. The Kier molecular flexibility index (Phi) is 8.59. The Morgan fingerprint density at radius 3 is 2.29 bits per heavy atom. The molecule has 34 heavy (non-hydrogen) atoms. The van der Waals surface area contributed by atoms with Gasteiger partial charge < -0.3 is 10.2 Å². The van der Waals surface area contributed by atoms with Gasteiger partial charge in [0.15, 0.2) is 11.6 Å². The molecule has 1 aromatic heterocycles. The molecule has 0 bridgehead atoms. The summed E-state index contributed by atoms with van der Waals surface area (Å²) in [6.45, 7) is 8.01. The number of hydrogen-bond acceptors (Lipinski definition) is 5. The lowest BCUT2D eigenvalue weighted by atomic mass is 9.87. The average Bonchev–Trinajstić information content (AvgIpc) is 2.82. The molecule has 2 aromatic rings. The van der Waals surface area contributed by atoms with Crippen molar-refractivity contribution in [2.75, 3.05) is 11.4 Å². The molecule has 6 nitrogen and oxygen atoms in total. The number of Topliss-reactive ketones (excluding diaryl/α,β-unsaturated/α-hetero) is 2. The van der Waals surface area contributed by atoms with Crippen LogP contribution in [0, 0.1) is 0 Å². The molecular weight excluding hydrogens is 426 g/mol. The highest BCUT2D eigenvalue weighted by Gasteiger charge is 2.31. The van der Waals surface area contributed by atoms with Crippen LogP contribution < -0.4 is 10.2 Å². The number of carbonyl (C=O) groups excluding carboxylic acids is 3. The number of aromatic nitrogens is 1. The summed E-state index contributed by atoms with van der Waals surface area (Å²) >= 11 is 0. The molecule has 0 unspecified atom stereocenters. The second-order valence-electron chi connectivity index (χ2n) is 10.3. The first-order chi connectivity index (χ1) is 16.2. The summed E-state index contributed by atoms with van der Waals surface area (Å²) in [6.07, 6.45) is 8.84. The highest BCUT2D eigenvalue weighted by Crippen LogP contribution is 2.31. The Hall–Kier alpha value is -3.02. The molecule has 1 heterocycles. The largest absolute Gasteiger partial charge is 0.355 e. The molecule has 1 amide bonds. The molecule has 182 valence electrons. The Labute approximate surface area is 203 Å². The minimum absolute atomic E-state index is 0.00490. The summed E-state index contributed by atoms with van der Waals surface area (Å²) in [5, 5.41) is 3.25. The molecule has 0 radical (unpaired) electrons. The van der Waals surface area contributed by atoms with Gasteiger partial charge in [0.05, 0.1) is 0 Å². The summed E-state index contributed by atoms with van der Waals surface area (Å²) in [4.78, 5) is 43.7. The van der Waals surface area contributed by atoms with E-state index in [0.29, 0.717) is 0 Å². The van der Waals surface area contributed by atoms with Crippen molar-refractivity contribution in [3.63, 3.8) is 0 Å². The fourth-order valence-corrected chi connectivity index (χ4v) is 4.50. The smallest absolute Gasteiger partial charge is 0.247 e. The van der Waals surface area contributed by atoms with E-state index in [9.17, 15) is 14.4 Å². The first-order valence-corrected chi connectivity index (χ1v) is 12.3. The molecule has 1 aliphatic carbocycles. The predicted octanol–water partition coefficient (Wildman–Crippen LogP) is 4.92. The van der Waals surface area contributed by atoms with E-state index in [0.717, 1.165) is 36.9 Å². The molecule has 1 N–H and O–H groups in total. The van der Waals surface area contributed by atoms with Gasteiger partial charge in [-0.2, -0.15) is 0 Å². The van der Waals surface area contributed by atoms with Crippen LogP contribution in [0.1, 0.15) is 83.4 Å². The monoisotopic (exact) mass is 463 g/mol. The van der Waals surface area contributed by atoms with Crippen LogP contribution >= 0.6 is 0 Å². The van der Waals surface area contributed by atoms with E-state index in [1.54, 1.807) is 12.4 Å². The number of pyridine rings is 1. The van der Waals surface area contributed by atoms with Crippen molar-refractivity contribution in [1.82, 2.24) is 10.3 Å². The summed E-state index contributed by atoms with van der Waals surface area (Å²) in [7, 11) is 0. The molecule has 1 fully saturated rings. The molecule has 1 saturated carbocycles. The van der Waals surface area contributed by atoms with E-state index in [1.807, 2.05) is 29.2 Å². The normalized spacial score (nSPS) is 15.4. The van der Waals surface area contributed by atoms with Crippen molar-refractivity contribution in [1.29, 1.82) is 0 Å². The van der Waals surface area contributed by atoms with Gasteiger partial charge in [-0.25, -0.2) is 0 Å². The van der Waals surface area contributed by atoms with Crippen LogP contribution in [0.25, 0.3) is 0 Å². The Morgan fingerprint density at radius 2 is 1.74 bits per heavy atom. The maximum atomic E-state index is 13.7. The van der Waals surface area contributed by atoms with Crippen molar-refractivity contribution < 1.29 is 14.4 Å². The quantitative estimate of drug-likeness (QED) is 0.534. The van der Waals surface area contributed by atoms with Crippen LogP contribution in [0.2, 0.25) is 0 Å². The van der Waals surface area contributed by atoms with Crippen molar-refractivity contribution in [3.05, 3.63) is 59.9 Å². The number of carbonyl (C=O) groups is 3. The lowest BCUT2D eigenvalue weighted by molar-refractivity contribution is -0.135. The van der Waals surface area contributed by atoms with Gasteiger partial charge in [0.2, 0.25) is 5.91 Å². The van der Waals surface area contributed by atoms with Gasteiger partial charge in [-0.05, 0) is 42.0 Å². The van der Waals surface area contributed by atoms with Gasteiger partial charge in [0.25, 0.3) is 0 Å². The van der Waals surface area contributed by atoms with Crippen LogP contribution in [0.5, 0.6) is 0 Å². The number of anilines is 1. The van der Waals surface area contributed by atoms with Crippen LogP contribution in [-0.4, -0.2) is 35.0 Å². The predicted molar refractivity (Wildman–Crippen MR) is 135 cm³/mol. The minimum atomic E-state index is -0.657. The minimum Gasteiger partial charge on any atom is -0.355 e. The van der Waals surface area contributed by atoms with Crippen molar-refractivity contribution in [3.8, 4) is 0 Å². The molecule has 1 atom stereocenters. The van der Waals surface area contributed by atoms with E-state index in [1.165, 1.54) is 18.9 Å². The molecule has 0 aliphatic heterocycles. The van der Waals surface area contributed by atoms with Gasteiger partial charge in [-0.15, -0.1) is 0 Å². The maximum Gasteiger partial charge on any atom is 0.247 e. The topological polar surface area (TPSA) is 79.4 Å². The molecule has 0 spiro atoms. The number of nitrogens with zero attached hydrogens (tertiary/aromatic N) is 2. The standard InChI is InChI=1S/C28H37N3O3/c1-20(32)25(33)16-18-31(24-14-12-22(13-15-24)28(2,3)4)26(21-9-8-17-29-19-21)27(34)30-23-10-6-5-7-11-23/h8-9,12-15,17,19,23,26H,5-7,10-11,16,18H2,1-4H3,(H,30,34)/t26-/m1/s1. The zero-order valence-corrected chi connectivity index (χ0v) is 20.8. The van der Waals surface area contributed by atoms with Crippen molar-refractivity contribution in [2.24, 2.45) is 0 Å². The lowest BCUT2D eigenvalue weighted by Gasteiger charge is -2.35. The van der Waals surface area contributed by atoms with E-state index in [2.05, 4.69) is 43.2 Å². The number of ketones is 2. The Morgan fingerprint density at radius 1 is 1.06 bits per heavy atom. The zero-order chi connectivity index (χ0) is 24.7. The third kappa shape index (κ3) is 6.75. The first-order valence-electron chi connectivity index (χ1n) is 12.3. The van der Waals surface area contributed by atoms with E-state index in [4.69, 9.17) is 0 Å². The Bertz CT molecular complexity index is 974. The van der Waals surface area contributed by atoms with Crippen LogP contribution in [0.15, 0.2) is 48.8 Å². The third-order valence-electron chi connectivity index (χ3n) is 6.55.